The molecule has 0 bridgehead atoms. The second kappa shape index (κ2) is 5.68. The van der Waals surface area contributed by atoms with E-state index in [0.717, 1.165) is 39.8 Å². The summed E-state index contributed by atoms with van der Waals surface area (Å²) in [4.78, 5) is 4.50. The molecule has 0 amide bonds. The van der Waals surface area contributed by atoms with Gasteiger partial charge in [-0.1, -0.05) is 24.3 Å². The molecule has 0 spiro atoms. The van der Waals surface area contributed by atoms with Crippen molar-refractivity contribution in [3.05, 3.63) is 46.8 Å². The molecule has 0 saturated heterocycles. The van der Waals surface area contributed by atoms with E-state index in [2.05, 4.69) is 43.5 Å². The van der Waals surface area contributed by atoms with Crippen molar-refractivity contribution in [2.24, 2.45) is 0 Å². The molecule has 3 aromatic rings. The van der Waals surface area contributed by atoms with E-state index in [1.165, 1.54) is 0 Å². The first-order chi connectivity index (χ1) is 9.79. The highest BCUT2D eigenvalue weighted by Crippen LogP contribution is 2.23. The monoisotopic (exact) mass is 331 g/mol. The quantitative estimate of drug-likeness (QED) is 0.798. The maximum atomic E-state index is 4.50. The van der Waals surface area contributed by atoms with Crippen molar-refractivity contribution in [2.45, 2.75) is 13.5 Å². The third kappa shape index (κ3) is 2.44. The number of hydrogen-bond donors (Lipinski definition) is 1. The zero-order valence-electron chi connectivity index (χ0n) is 11.0. The number of halogens is 1. The maximum absolute atomic E-state index is 4.50. The smallest absolute Gasteiger partial charge is 0.0960 e. The molecular weight excluding hydrogens is 318 g/mol. The highest BCUT2D eigenvalue weighted by Gasteiger charge is 2.10. The fourth-order valence-electron chi connectivity index (χ4n) is 2.12. The van der Waals surface area contributed by atoms with E-state index < -0.39 is 0 Å². The first-order valence-electron chi connectivity index (χ1n) is 6.44. The Bertz CT molecular complexity index is 737. The maximum Gasteiger partial charge on any atom is 0.0960 e. The molecule has 0 unspecified atom stereocenters. The van der Waals surface area contributed by atoms with E-state index in [1.807, 2.05) is 28.9 Å². The minimum Gasteiger partial charge on any atom is -0.311 e. The number of para-hydroxylation sites is 1. The van der Waals surface area contributed by atoms with Gasteiger partial charge in [-0.3, -0.25) is 4.98 Å². The van der Waals surface area contributed by atoms with E-state index in [0.29, 0.717) is 0 Å². The van der Waals surface area contributed by atoms with Crippen LogP contribution in [0.1, 0.15) is 12.6 Å². The van der Waals surface area contributed by atoms with E-state index in [4.69, 9.17) is 0 Å². The number of rotatable bonds is 4. The molecule has 0 radical (unpaired) electrons. The van der Waals surface area contributed by atoms with Crippen molar-refractivity contribution in [1.29, 1.82) is 0 Å². The van der Waals surface area contributed by atoms with Gasteiger partial charge in [0.05, 0.1) is 23.1 Å². The Kier molecular flexibility index (Phi) is 3.75. The first-order valence-corrected chi connectivity index (χ1v) is 7.24. The SMILES string of the molecule is CCNCc1cnnn1-c1cccc2cc(Br)cnc12. The van der Waals surface area contributed by atoms with Crippen LogP contribution < -0.4 is 5.32 Å². The highest BCUT2D eigenvalue weighted by atomic mass is 79.9. The van der Waals surface area contributed by atoms with E-state index >= 15 is 0 Å². The van der Waals surface area contributed by atoms with Crippen LogP contribution in [0, 0.1) is 0 Å². The van der Waals surface area contributed by atoms with Crippen LogP contribution >= 0.6 is 15.9 Å². The highest BCUT2D eigenvalue weighted by molar-refractivity contribution is 9.10. The fraction of sp³-hybridized carbons (Fsp3) is 0.214. The number of fused-ring (bicyclic) bond motifs is 1. The van der Waals surface area contributed by atoms with Gasteiger partial charge in [0.2, 0.25) is 0 Å². The lowest BCUT2D eigenvalue weighted by molar-refractivity contribution is 0.673. The third-order valence-corrected chi connectivity index (χ3v) is 3.49. The summed E-state index contributed by atoms with van der Waals surface area (Å²) in [6.07, 6.45) is 3.58. The Hall–Kier alpha value is -1.79. The van der Waals surface area contributed by atoms with Crippen LogP contribution in [0.5, 0.6) is 0 Å². The Morgan fingerprint density at radius 3 is 3.05 bits per heavy atom. The van der Waals surface area contributed by atoms with Crippen LogP contribution in [-0.2, 0) is 6.54 Å². The van der Waals surface area contributed by atoms with Crippen molar-refractivity contribution in [2.75, 3.05) is 6.54 Å². The van der Waals surface area contributed by atoms with E-state index in [-0.39, 0.29) is 0 Å². The zero-order chi connectivity index (χ0) is 13.9. The summed E-state index contributed by atoms with van der Waals surface area (Å²) in [5.41, 5.74) is 2.88. The summed E-state index contributed by atoms with van der Waals surface area (Å²) in [5, 5.41) is 12.6. The Morgan fingerprint density at radius 2 is 2.20 bits per heavy atom. The second-order valence-electron chi connectivity index (χ2n) is 4.42. The van der Waals surface area contributed by atoms with Crippen LogP contribution in [-0.4, -0.2) is 26.5 Å². The van der Waals surface area contributed by atoms with Gasteiger partial charge in [0.1, 0.15) is 0 Å². The van der Waals surface area contributed by atoms with Crippen molar-refractivity contribution >= 4 is 26.8 Å². The molecule has 0 aliphatic heterocycles. The second-order valence-corrected chi connectivity index (χ2v) is 5.34. The molecule has 2 aromatic heterocycles. The number of nitrogens with zero attached hydrogens (tertiary/aromatic N) is 4. The van der Waals surface area contributed by atoms with E-state index in [1.54, 1.807) is 12.4 Å². The summed E-state index contributed by atoms with van der Waals surface area (Å²) >= 11 is 3.45. The molecule has 6 heteroatoms. The average Bonchev–Trinajstić information content (AvgIpc) is 2.92. The number of nitrogens with one attached hydrogen (secondary N) is 1. The van der Waals surface area contributed by atoms with Gasteiger partial charge in [0.15, 0.2) is 0 Å². The van der Waals surface area contributed by atoms with Crippen molar-refractivity contribution in [3.63, 3.8) is 0 Å². The Labute approximate surface area is 125 Å². The van der Waals surface area contributed by atoms with Gasteiger partial charge in [0, 0.05) is 22.6 Å². The van der Waals surface area contributed by atoms with Gasteiger partial charge in [-0.05, 0) is 34.6 Å². The number of hydrogen-bond acceptors (Lipinski definition) is 4. The van der Waals surface area contributed by atoms with Crippen LogP contribution in [0.3, 0.4) is 0 Å². The van der Waals surface area contributed by atoms with Crippen LogP contribution in [0.2, 0.25) is 0 Å². The lowest BCUT2D eigenvalue weighted by atomic mass is 10.2. The van der Waals surface area contributed by atoms with Crippen LogP contribution in [0.25, 0.3) is 16.6 Å². The van der Waals surface area contributed by atoms with Gasteiger partial charge in [0.25, 0.3) is 0 Å². The van der Waals surface area contributed by atoms with Gasteiger partial charge < -0.3 is 5.32 Å². The molecule has 5 nitrogen and oxygen atoms in total. The summed E-state index contributed by atoms with van der Waals surface area (Å²) in [6, 6.07) is 8.10. The Balaban J connectivity index is 2.12. The lowest BCUT2D eigenvalue weighted by Crippen LogP contribution is -2.15. The Morgan fingerprint density at radius 1 is 1.30 bits per heavy atom. The molecule has 2 heterocycles. The van der Waals surface area contributed by atoms with Gasteiger partial charge in [-0.25, -0.2) is 4.68 Å². The zero-order valence-corrected chi connectivity index (χ0v) is 12.6. The topological polar surface area (TPSA) is 55.6 Å². The predicted molar refractivity (Wildman–Crippen MR) is 81.7 cm³/mol. The fourth-order valence-corrected chi connectivity index (χ4v) is 2.47. The first kappa shape index (κ1) is 13.2. The summed E-state index contributed by atoms with van der Waals surface area (Å²) in [7, 11) is 0. The minimum absolute atomic E-state index is 0.733. The molecule has 20 heavy (non-hydrogen) atoms. The van der Waals surface area contributed by atoms with Gasteiger partial charge in [-0.2, -0.15) is 0 Å². The average molecular weight is 332 g/mol. The molecule has 3 rings (SSSR count). The molecule has 0 atom stereocenters. The lowest BCUT2D eigenvalue weighted by Gasteiger charge is -2.09. The third-order valence-electron chi connectivity index (χ3n) is 3.06. The van der Waals surface area contributed by atoms with E-state index in [9.17, 15) is 0 Å². The molecular formula is C14H14BrN5. The van der Waals surface area contributed by atoms with Crippen LogP contribution in [0.4, 0.5) is 0 Å². The molecule has 1 aromatic carbocycles. The summed E-state index contributed by atoms with van der Waals surface area (Å²) < 4.78 is 2.81. The number of aromatic nitrogens is 4. The summed E-state index contributed by atoms with van der Waals surface area (Å²) in [5.74, 6) is 0. The molecule has 0 saturated carbocycles. The van der Waals surface area contributed by atoms with Crippen molar-refractivity contribution in [1.82, 2.24) is 25.3 Å². The predicted octanol–water partition coefficient (Wildman–Crippen LogP) is 2.69. The molecule has 0 aliphatic rings. The van der Waals surface area contributed by atoms with Crippen LogP contribution in [0.15, 0.2) is 41.1 Å². The standard InChI is InChI=1S/C14H14BrN5/c1-2-16-8-12-9-18-19-20(12)13-5-3-4-10-6-11(15)7-17-14(10)13/h3-7,9,16H,2,8H2,1H3. The normalized spacial score (nSPS) is 11.1. The molecule has 102 valence electrons. The molecule has 0 aliphatic carbocycles. The summed E-state index contributed by atoms with van der Waals surface area (Å²) in [6.45, 7) is 3.72. The van der Waals surface area contributed by atoms with Crippen molar-refractivity contribution < 1.29 is 0 Å². The van der Waals surface area contributed by atoms with Crippen molar-refractivity contribution in [3.8, 4) is 5.69 Å². The largest absolute Gasteiger partial charge is 0.311 e. The van der Waals surface area contributed by atoms with Gasteiger partial charge >= 0.3 is 0 Å². The molecule has 0 fully saturated rings. The minimum atomic E-state index is 0.733. The van der Waals surface area contributed by atoms with Gasteiger partial charge in [-0.15, -0.1) is 5.10 Å². The number of pyridine rings is 1. The molecule has 1 N–H and O–H groups in total. The number of benzene rings is 1.